The van der Waals surface area contributed by atoms with E-state index in [2.05, 4.69) is 11.4 Å². The molecule has 1 saturated heterocycles. The number of carbonyl (C=O) groups is 2. The van der Waals surface area contributed by atoms with Gasteiger partial charge in [0.1, 0.15) is 5.01 Å². The molecule has 0 spiro atoms. The third kappa shape index (κ3) is 4.04. The van der Waals surface area contributed by atoms with Crippen LogP contribution in [0.25, 0.3) is 10.2 Å². The van der Waals surface area contributed by atoms with Crippen molar-refractivity contribution in [2.75, 3.05) is 13.1 Å². The molecule has 4 rings (SSSR count). The third-order valence-corrected chi connectivity index (χ3v) is 6.77. The van der Waals surface area contributed by atoms with E-state index in [1.807, 2.05) is 34.5 Å². The van der Waals surface area contributed by atoms with Crippen LogP contribution in [0.3, 0.4) is 0 Å². The summed E-state index contributed by atoms with van der Waals surface area (Å²) in [5.41, 5.74) is 1.01. The van der Waals surface area contributed by atoms with Crippen molar-refractivity contribution < 1.29 is 9.59 Å². The maximum atomic E-state index is 12.7. The van der Waals surface area contributed by atoms with Gasteiger partial charge in [-0.2, -0.15) is 0 Å². The van der Waals surface area contributed by atoms with Crippen LogP contribution in [0.4, 0.5) is 0 Å². The number of fused-ring (bicyclic) bond motifs is 1. The molecule has 2 aromatic heterocycles. The minimum Gasteiger partial charge on any atom is -0.351 e. The Kier molecular flexibility index (Phi) is 5.50. The maximum absolute atomic E-state index is 12.7. The molecule has 1 fully saturated rings. The summed E-state index contributed by atoms with van der Waals surface area (Å²) in [6.07, 6.45) is 3.09. The van der Waals surface area contributed by atoms with Crippen LogP contribution in [0.2, 0.25) is 0 Å². The van der Waals surface area contributed by atoms with Gasteiger partial charge in [-0.25, -0.2) is 4.98 Å². The Morgan fingerprint density at radius 1 is 1.22 bits per heavy atom. The molecule has 0 aliphatic carbocycles. The number of para-hydroxylation sites is 1. The minimum atomic E-state index is -0.0639. The summed E-state index contributed by atoms with van der Waals surface area (Å²) in [6.45, 7) is 1.31. The average Bonchev–Trinajstić information content (AvgIpc) is 3.43. The molecule has 3 heterocycles. The molecule has 1 aromatic carbocycles. The summed E-state index contributed by atoms with van der Waals surface area (Å²) in [7, 11) is 0. The van der Waals surface area contributed by atoms with Gasteiger partial charge in [0.2, 0.25) is 5.91 Å². The highest BCUT2D eigenvalue weighted by Gasteiger charge is 2.31. The average molecular weight is 400 g/mol. The first-order valence-corrected chi connectivity index (χ1v) is 10.9. The standard InChI is InChI=1S/C20H21N3O2S2/c24-18(10-3-11-21-19(25)17-9-5-13-26-17)23-12-4-7-15(23)20-22-14-6-1-2-8-16(14)27-20/h1-2,5-6,8-9,13,15H,3-4,7,10-12H2,(H,21,25). The summed E-state index contributed by atoms with van der Waals surface area (Å²) in [5.74, 6) is 0.0908. The molecule has 1 unspecified atom stereocenters. The van der Waals surface area contributed by atoms with Crippen LogP contribution in [0.1, 0.15) is 46.4 Å². The first-order chi connectivity index (χ1) is 13.2. The third-order valence-electron chi connectivity index (χ3n) is 4.77. The van der Waals surface area contributed by atoms with Gasteiger partial charge < -0.3 is 10.2 Å². The van der Waals surface area contributed by atoms with Crippen molar-refractivity contribution in [1.29, 1.82) is 0 Å². The van der Waals surface area contributed by atoms with Gasteiger partial charge in [-0.15, -0.1) is 22.7 Å². The molecule has 3 aromatic rings. The van der Waals surface area contributed by atoms with Crippen LogP contribution in [0.15, 0.2) is 41.8 Å². The summed E-state index contributed by atoms with van der Waals surface area (Å²) in [6, 6.07) is 11.9. The van der Waals surface area contributed by atoms with Gasteiger partial charge in [0.15, 0.2) is 0 Å². The van der Waals surface area contributed by atoms with Gasteiger partial charge >= 0.3 is 0 Å². The Morgan fingerprint density at radius 2 is 2.11 bits per heavy atom. The molecule has 140 valence electrons. The SMILES string of the molecule is O=C(NCCCC(=O)N1CCCC1c1nc2ccccc2s1)c1cccs1. The van der Waals surface area contributed by atoms with Gasteiger partial charge in [0, 0.05) is 19.5 Å². The Morgan fingerprint density at radius 3 is 2.93 bits per heavy atom. The van der Waals surface area contributed by atoms with Crippen molar-refractivity contribution in [2.45, 2.75) is 31.7 Å². The normalized spacial score (nSPS) is 16.7. The number of thiazole rings is 1. The zero-order chi connectivity index (χ0) is 18.6. The lowest BCUT2D eigenvalue weighted by Crippen LogP contribution is -2.31. The molecule has 1 atom stereocenters. The molecule has 2 amide bonds. The Hall–Kier alpha value is -2.25. The fraction of sp³-hybridized carbons (Fsp3) is 0.350. The van der Waals surface area contributed by atoms with Crippen LogP contribution in [0.5, 0.6) is 0 Å². The van der Waals surface area contributed by atoms with Gasteiger partial charge in [-0.3, -0.25) is 9.59 Å². The predicted molar refractivity (Wildman–Crippen MR) is 109 cm³/mol. The monoisotopic (exact) mass is 399 g/mol. The molecule has 7 heteroatoms. The number of rotatable bonds is 6. The maximum Gasteiger partial charge on any atom is 0.261 e. The Balaban J connectivity index is 1.31. The number of benzene rings is 1. The summed E-state index contributed by atoms with van der Waals surface area (Å²) in [4.78, 5) is 32.1. The van der Waals surface area contributed by atoms with Crippen LogP contribution < -0.4 is 5.32 Å². The van der Waals surface area contributed by atoms with Crippen LogP contribution in [-0.4, -0.2) is 34.8 Å². The van der Waals surface area contributed by atoms with Gasteiger partial charge in [-0.05, 0) is 42.8 Å². The van der Waals surface area contributed by atoms with E-state index in [9.17, 15) is 9.59 Å². The lowest BCUT2D eigenvalue weighted by Gasteiger charge is -2.23. The number of hydrogen-bond acceptors (Lipinski definition) is 5. The number of carbonyl (C=O) groups excluding carboxylic acids is 2. The highest BCUT2D eigenvalue weighted by atomic mass is 32.1. The van der Waals surface area contributed by atoms with E-state index in [1.165, 1.54) is 16.0 Å². The fourth-order valence-electron chi connectivity index (χ4n) is 3.43. The molecule has 27 heavy (non-hydrogen) atoms. The lowest BCUT2D eigenvalue weighted by atomic mass is 10.2. The van der Waals surface area contributed by atoms with Gasteiger partial charge in [0.25, 0.3) is 5.91 Å². The summed E-state index contributed by atoms with van der Waals surface area (Å²) < 4.78 is 1.17. The van der Waals surface area contributed by atoms with Crippen LogP contribution >= 0.6 is 22.7 Å². The second-order valence-corrected chi connectivity index (χ2v) is 8.61. The molecule has 0 radical (unpaired) electrons. The van der Waals surface area contributed by atoms with E-state index in [0.717, 1.165) is 29.9 Å². The summed E-state index contributed by atoms with van der Waals surface area (Å²) in [5, 5.41) is 5.80. The van der Waals surface area contributed by atoms with Crippen molar-refractivity contribution in [2.24, 2.45) is 0 Å². The smallest absolute Gasteiger partial charge is 0.261 e. The highest BCUT2D eigenvalue weighted by molar-refractivity contribution is 7.18. The zero-order valence-corrected chi connectivity index (χ0v) is 16.5. The zero-order valence-electron chi connectivity index (χ0n) is 14.9. The van der Waals surface area contributed by atoms with E-state index in [0.29, 0.717) is 24.3 Å². The molecular weight excluding hydrogens is 378 g/mol. The number of amides is 2. The Labute approximate surface area is 166 Å². The first kappa shape index (κ1) is 18.1. The number of aromatic nitrogens is 1. The van der Waals surface area contributed by atoms with E-state index >= 15 is 0 Å². The predicted octanol–water partition coefficient (Wildman–Crippen LogP) is 4.23. The molecule has 1 N–H and O–H groups in total. The van der Waals surface area contributed by atoms with Crippen molar-refractivity contribution in [3.63, 3.8) is 0 Å². The molecule has 1 aliphatic rings. The molecular formula is C20H21N3O2S2. The number of nitrogens with one attached hydrogen (secondary N) is 1. The second-order valence-electron chi connectivity index (χ2n) is 6.60. The first-order valence-electron chi connectivity index (χ1n) is 9.19. The quantitative estimate of drug-likeness (QED) is 0.631. The topological polar surface area (TPSA) is 62.3 Å². The molecule has 5 nitrogen and oxygen atoms in total. The lowest BCUT2D eigenvalue weighted by molar-refractivity contribution is -0.132. The minimum absolute atomic E-state index is 0.0639. The fourth-order valence-corrected chi connectivity index (χ4v) is 5.19. The van der Waals surface area contributed by atoms with E-state index in [1.54, 1.807) is 17.4 Å². The number of nitrogens with zero attached hydrogens (tertiary/aromatic N) is 2. The van der Waals surface area contributed by atoms with E-state index in [-0.39, 0.29) is 17.9 Å². The number of likely N-dealkylation sites (tertiary alicyclic amines) is 1. The van der Waals surface area contributed by atoms with Gasteiger partial charge in [0.05, 0.1) is 21.1 Å². The molecule has 1 aliphatic heterocycles. The van der Waals surface area contributed by atoms with E-state index in [4.69, 9.17) is 4.98 Å². The van der Waals surface area contributed by atoms with Crippen molar-refractivity contribution in [3.8, 4) is 0 Å². The largest absolute Gasteiger partial charge is 0.351 e. The van der Waals surface area contributed by atoms with Crippen molar-refractivity contribution >= 4 is 44.7 Å². The van der Waals surface area contributed by atoms with Crippen molar-refractivity contribution in [3.05, 3.63) is 51.7 Å². The van der Waals surface area contributed by atoms with Gasteiger partial charge in [-0.1, -0.05) is 18.2 Å². The number of thiophene rings is 1. The van der Waals surface area contributed by atoms with Crippen molar-refractivity contribution in [1.82, 2.24) is 15.2 Å². The van der Waals surface area contributed by atoms with Crippen LogP contribution in [0, 0.1) is 0 Å². The highest BCUT2D eigenvalue weighted by Crippen LogP contribution is 2.36. The number of hydrogen-bond donors (Lipinski definition) is 1. The summed E-state index contributed by atoms with van der Waals surface area (Å²) >= 11 is 3.11. The molecule has 0 saturated carbocycles. The Bertz CT molecular complexity index is 903. The second kappa shape index (κ2) is 8.19. The van der Waals surface area contributed by atoms with Crippen LogP contribution in [-0.2, 0) is 4.79 Å². The van der Waals surface area contributed by atoms with E-state index < -0.39 is 0 Å². The molecule has 0 bridgehead atoms.